The highest BCUT2D eigenvalue weighted by atomic mass is 16.5. The van der Waals surface area contributed by atoms with Crippen LogP contribution in [-0.4, -0.2) is 29.6 Å². The van der Waals surface area contributed by atoms with Gasteiger partial charge in [0.25, 0.3) is 0 Å². The molecule has 0 spiro atoms. The Hall–Kier alpha value is -2.43. The molecule has 0 saturated carbocycles. The van der Waals surface area contributed by atoms with Crippen molar-refractivity contribution in [2.45, 2.75) is 13.3 Å². The van der Waals surface area contributed by atoms with Gasteiger partial charge in [-0.2, -0.15) is 0 Å². The molecular weight excluding hydrogens is 266 g/mol. The molecule has 2 heterocycles. The van der Waals surface area contributed by atoms with Crippen LogP contribution in [0.1, 0.15) is 23.0 Å². The average Bonchev–Trinajstić information content (AvgIpc) is 2.53. The van der Waals surface area contributed by atoms with Gasteiger partial charge in [0.2, 0.25) is 0 Å². The molecule has 0 saturated heterocycles. The molecule has 0 N–H and O–H groups in total. The minimum atomic E-state index is -0.470. The van der Waals surface area contributed by atoms with Gasteiger partial charge in [-0.15, -0.1) is 0 Å². The lowest BCUT2D eigenvalue weighted by Gasteiger charge is -2.33. The Labute approximate surface area is 123 Å². The van der Waals surface area contributed by atoms with Crippen molar-refractivity contribution in [3.05, 3.63) is 47.9 Å². The third-order valence-electron chi connectivity index (χ3n) is 3.64. The molecule has 1 aromatic carbocycles. The first kappa shape index (κ1) is 13.5. The Balaban J connectivity index is 2.02. The standard InChI is InChI=1S/C16H17N3O2/c1-11-7-12-5-3-4-6-14(12)19(10-11)15-9-17-8-13(18-15)16(20)21-2/h3-6,8-9,11H,7,10H2,1-2H3. The van der Waals surface area contributed by atoms with Crippen LogP contribution >= 0.6 is 0 Å². The molecule has 0 fully saturated rings. The van der Waals surface area contributed by atoms with Crippen LogP contribution in [0, 0.1) is 5.92 Å². The summed E-state index contributed by atoms with van der Waals surface area (Å²) < 4.78 is 4.71. The lowest BCUT2D eigenvalue weighted by Crippen LogP contribution is -2.31. The van der Waals surface area contributed by atoms with E-state index in [4.69, 9.17) is 4.74 Å². The summed E-state index contributed by atoms with van der Waals surface area (Å²) >= 11 is 0. The number of rotatable bonds is 2. The Morgan fingerprint density at radius 3 is 2.95 bits per heavy atom. The predicted molar refractivity (Wildman–Crippen MR) is 79.7 cm³/mol. The number of fused-ring (bicyclic) bond motifs is 1. The van der Waals surface area contributed by atoms with E-state index >= 15 is 0 Å². The average molecular weight is 283 g/mol. The largest absolute Gasteiger partial charge is 0.464 e. The van der Waals surface area contributed by atoms with Gasteiger partial charge in [0, 0.05) is 12.2 Å². The van der Waals surface area contributed by atoms with Gasteiger partial charge >= 0.3 is 5.97 Å². The number of para-hydroxylation sites is 1. The second-order valence-corrected chi connectivity index (χ2v) is 5.30. The summed E-state index contributed by atoms with van der Waals surface area (Å²) in [7, 11) is 1.34. The molecule has 0 amide bonds. The van der Waals surface area contributed by atoms with Crippen LogP contribution in [0.4, 0.5) is 11.5 Å². The van der Waals surface area contributed by atoms with Crippen molar-refractivity contribution >= 4 is 17.5 Å². The third-order valence-corrected chi connectivity index (χ3v) is 3.64. The van der Waals surface area contributed by atoms with Crippen LogP contribution in [0.25, 0.3) is 0 Å². The van der Waals surface area contributed by atoms with Crippen molar-refractivity contribution in [3.8, 4) is 0 Å². The highest BCUT2D eigenvalue weighted by Gasteiger charge is 2.24. The molecule has 1 aromatic heterocycles. The molecule has 0 radical (unpaired) electrons. The molecule has 3 rings (SSSR count). The number of carbonyl (C=O) groups excluding carboxylic acids is 1. The van der Waals surface area contributed by atoms with Crippen molar-refractivity contribution in [1.82, 2.24) is 9.97 Å². The molecule has 0 aliphatic carbocycles. The Morgan fingerprint density at radius 2 is 2.14 bits per heavy atom. The van der Waals surface area contributed by atoms with Crippen LogP contribution in [0.5, 0.6) is 0 Å². The van der Waals surface area contributed by atoms with E-state index in [1.54, 1.807) is 6.20 Å². The second kappa shape index (κ2) is 5.52. The van der Waals surface area contributed by atoms with Crippen LogP contribution in [0.3, 0.4) is 0 Å². The Kier molecular flexibility index (Phi) is 3.56. The maximum absolute atomic E-state index is 11.6. The van der Waals surface area contributed by atoms with E-state index in [9.17, 15) is 4.79 Å². The van der Waals surface area contributed by atoms with E-state index in [0.29, 0.717) is 11.7 Å². The summed E-state index contributed by atoms with van der Waals surface area (Å²) in [6.07, 6.45) is 4.16. The molecule has 1 unspecified atom stereocenters. The van der Waals surface area contributed by atoms with Crippen LogP contribution < -0.4 is 4.90 Å². The molecule has 21 heavy (non-hydrogen) atoms. The number of nitrogens with zero attached hydrogens (tertiary/aromatic N) is 3. The first-order chi connectivity index (χ1) is 10.2. The SMILES string of the molecule is COC(=O)c1cncc(N2CC(C)Cc3ccccc32)n1. The molecule has 5 heteroatoms. The molecule has 1 atom stereocenters. The van der Waals surface area contributed by atoms with E-state index in [-0.39, 0.29) is 5.69 Å². The highest BCUT2D eigenvalue weighted by molar-refractivity contribution is 5.87. The second-order valence-electron chi connectivity index (χ2n) is 5.30. The van der Waals surface area contributed by atoms with E-state index in [0.717, 1.165) is 18.7 Å². The van der Waals surface area contributed by atoms with Crippen LogP contribution in [0.2, 0.25) is 0 Å². The number of methoxy groups -OCH3 is 1. The fourth-order valence-corrected chi connectivity index (χ4v) is 2.70. The third kappa shape index (κ3) is 2.59. The normalized spacial score (nSPS) is 17.2. The fraction of sp³-hybridized carbons (Fsp3) is 0.312. The highest BCUT2D eigenvalue weighted by Crippen LogP contribution is 2.33. The van der Waals surface area contributed by atoms with Gasteiger partial charge in [-0.25, -0.2) is 9.78 Å². The number of anilines is 2. The summed E-state index contributed by atoms with van der Waals surface area (Å²) in [6.45, 7) is 3.07. The molecule has 1 aliphatic rings. The van der Waals surface area contributed by atoms with Gasteiger partial charge in [0.15, 0.2) is 11.5 Å². The van der Waals surface area contributed by atoms with Crippen LogP contribution in [-0.2, 0) is 11.2 Å². The fourth-order valence-electron chi connectivity index (χ4n) is 2.70. The molecule has 2 aromatic rings. The number of hydrogen-bond donors (Lipinski definition) is 0. The number of esters is 1. The van der Waals surface area contributed by atoms with Gasteiger partial charge in [0.05, 0.1) is 19.5 Å². The lowest BCUT2D eigenvalue weighted by atomic mass is 9.94. The van der Waals surface area contributed by atoms with Crippen molar-refractivity contribution in [2.75, 3.05) is 18.6 Å². The van der Waals surface area contributed by atoms with E-state index < -0.39 is 5.97 Å². The minimum absolute atomic E-state index is 0.228. The topological polar surface area (TPSA) is 55.3 Å². The van der Waals surface area contributed by atoms with Gasteiger partial charge in [-0.1, -0.05) is 25.1 Å². The number of hydrogen-bond acceptors (Lipinski definition) is 5. The zero-order valence-corrected chi connectivity index (χ0v) is 12.1. The quantitative estimate of drug-likeness (QED) is 0.793. The predicted octanol–water partition coefficient (Wildman–Crippen LogP) is 2.59. The molecular formula is C16H17N3O2. The zero-order valence-electron chi connectivity index (χ0n) is 12.1. The van der Waals surface area contributed by atoms with Crippen molar-refractivity contribution in [1.29, 1.82) is 0 Å². The van der Waals surface area contributed by atoms with Gasteiger partial charge in [-0.3, -0.25) is 4.98 Å². The van der Waals surface area contributed by atoms with E-state index in [2.05, 4.69) is 33.9 Å². The molecule has 5 nitrogen and oxygen atoms in total. The maximum atomic E-state index is 11.6. The summed E-state index contributed by atoms with van der Waals surface area (Å²) in [4.78, 5) is 22.2. The van der Waals surface area contributed by atoms with Crippen molar-refractivity contribution in [2.24, 2.45) is 5.92 Å². The molecule has 0 bridgehead atoms. The lowest BCUT2D eigenvalue weighted by molar-refractivity contribution is 0.0593. The van der Waals surface area contributed by atoms with Gasteiger partial charge in [-0.05, 0) is 24.0 Å². The molecule has 1 aliphatic heterocycles. The van der Waals surface area contributed by atoms with Gasteiger partial charge in [0.1, 0.15) is 0 Å². The first-order valence-corrected chi connectivity index (χ1v) is 6.95. The maximum Gasteiger partial charge on any atom is 0.358 e. The summed E-state index contributed by atoms with van der Waals surface area (Å²) in [5, 5.41) is 0. The van der Waals surface area contributed by atoms with E-state index in [1.165, 1.54) is 18.9 Å². The molecule has 108 valence electrons. The number of carbonyl (C=O) groups is 1. The minimum Gasteiger partial charge on any atom is -0.464 e. The Morgan fingerprint density at radius 1 is 1.33 bits per heavy atom. The number of ether oxygens (including phenoxy) is 1. The Bertz CT molecular complexity index is 672. The van der Waals surface area contributed by atoms with E-state index in [1.807, 2.05) is 12.1 Å². The first-order valence-electron chi connectivity index (χ1n) is 6.95. The monoisotopic (exact) mass is 283 g/mol. The summed E-state index contributed by atoms with van der Waals surface area (Å²) in [5.41, 5.74) is 2.65. The zero-order chi connectivity index (χ0) is 14.8. The number of aromatic nitrogens is 2. The van der Waals surface area contributed by atoms with Crippen molar-refractivity contribution in [3.63, 3.8) is 0 Å². The van der Waals surface area contributed by atoms with Crippen molar-refractivity contribution < 1.29 is 9.53 Å². The smallest absolute Gasteiger partial charge is 0.358 e. The van der Waals surface area contributed by atoms with Crippen LogP contribution in [0.15, 0.2) is 36.7 Å². The summed E-state index contributed by atoms with van der Waals surface area (Å²) in [6, 6.07) is 8.27. The summed E-state index contributed by atoms with van der Waals surface area (Å²) in [5.74, 6) is 0.725. The van der Waals surface area contributed by atoms with Gasteiger partial charge < -0.3 is 9.64 Å². The number of benzene rings is 1.